The normalized spacial score (nSPS) is 10.2. The quantitative estimate of drug-likeness (QED) is 0.185. The number of ether oxygens (including phenoxy) is 1. The van der Waals surface area contributed by atoms with Crippen molar-refractivity contribution >= 4 is 11.9 Å². The first-order valence-electron chi connectivity index (χ1n) is 9.88. The van der Waals surface area contributed by atoms with E-state index in [4.69, 9.17) is 0 Å². The van der Waals surface area contributed by atoms with E-state index in [-0.39, 0.29) is 37.0 Å². The van der Waals surface area contributed by atoms with Crippen molar-refractivity contribution in [2.45, 2.75) is 117 Å². The Balaban J connectivity index is -0.00000242. The molecule has 0 fully saturated rings. The van der Waals surface area contributed by atoms with Crippen LogP contribution in [0.2, 0.25) is 0 Å². The predicted octanol–water partition coefficient (Wildman–Crippen LogP) is 3.45. The minimum absolute atomic E-state index is 0. The van der Waals surface area contributed by atoms with Crippen LogP contribution >= 0.6 is 0 Å². The van der Waals surface area contributed by atoms with Gasteiger partial charge in [-0.15, -0.1) is 0 Å². The maximum atomic E-state index is 11.1. The molecule has 0 aromatic rings. The second kappa shape index (κ2) is 21.2. The third-order valence-electron chi connectivity index (χ3n) is 4.24. The monoisotopic (exact) mass is 350 g/mol. The van der Waals surface area contributed by atoms with Crippen LogP contribution in [0.25, 0.3) is 0 Å². The second-order valence-corrected chi connectivity index (χ2v) is 6.67. The number of hydrogen-bond acceptors (Lipinski definition) is 3. The topological polar surface area (TPSA) is 43.4 Å². The van der Waals surface area contributed by atoms with E-state index in [0.717, 1.165) is 12.8 Å². The molecular weight excluding hydrogens is 311 g/mol. The first-order valence-corrected chi connectivity index (χ1v) is 9.88. The van der Waals surface area contributed by atoms with Crippen molar-refractivity contribution in [3.63, 3.8) is 0 Å². The first kappa shape index (κ1) is 26.4. The molecule has 0 bridgehead atoms. The van der Waals surface area contributed by atoms with Gasteiger partial charge in [0.1, 0.15) is 0 Å². The maximum absolute atomic E-state index is 11.1. The van der Waals surface area contributed by atoms with Crippen LogP contribution in [0.15, 0.2) is 0 Å². The fourth-order valence-corrected chi connectivity index (χ4v) is 2.85. The summed E-state index contributed by atoms with van der Waals surface area (Å²) in [5.41, 5.74) is 0. The average molecular weight is 351 g/mol. The summed E-state index contributed by atoms with van der Waals surface area (Å²) in [5.74, 6) is -0.886. The molecule has 0 spiro atoms. The van der Waals surface area contributed by atoms with Crippen molar-refractivity contribution in [1.29, 1.82) is 0 Å². The fraction of sp³-hybridized carbons (Fsp3) is 0.900. The molecule has 138 valence electrons. The molecule has 3 nitrogen and oxygen atoms in total. The molecule has 0 N–H and O–H groups in total. The molecule has 24 heavy (non-hydrogen) atoms. The minimum atomic E-state index is -0.504. The smallest absolute Gasteiger partial charge is 1.00 e. The summed E-state index contributed by atoms with van der Waals surface area (Å²) in [4.78, 5) is 21.7. The Morgan fingerprint density at radius 1 is 0.667 bits per heavy atom. The Hall–Kier alpha value is 0.140. The molecule has 0 aliphatic rings. The molecule has 0 unspecified atom stereocenters. The standard InChI is InChI=1S/C20H38O3.Na.H/c1-3-4-5-6-7-8-9-10-11-12-13-14-15-16-17-18-20(22)23-19(2)21;;/h3-18H2,1-2H3;;/q;+1;-1. The Labute approximate surface area is 173 Å². The van der Waals surface area contributed by atoms with Crippen molar-refractivity contribution in [2.24, 2.45) is 0 Å². The molecule has 0 heterocycles. The number of hydrogen-bond donors (Lipinski definition) is 0. The van der Waals surface area contributed by atoms with Gasteiger partial charge in [-0.3, -0.25) is 9.59 Å². The Kier molecular flexibility index (Phi) is 23.3. The van der Waals surface area contributed by atoms with E-state index in [0.29, 0.717) is 6.42 Å². The third kappa shape index (κ3) is 22.1. The van der Waals surface area contributed by atoms with E-state index in [2.05, 4.69) is 11.7 Å². The molecule has 0 aromatic heterocycles. The molecule has 0 rings (SSSR count). The summed E-state index contributed by atoms with van der Waals surface area (Å²) in [6, 6.07) is 0. The second-order valence-electron chi connectivity index (χ2n) is 6.67. The minimum Gasteiger partial charge on any atom is -1.00 e. The Morgan fingerprint density at radius 3 is 1.33 bits per heavy atom. The van der Waals surface area contributed by atoms with E-state index in [9.17, 15) is 9.59 Å². The molecule has 0 atom stereocenters. The SMILES string of the molecule is CCCCCCCCCCCCCCCCCC(=O)OC(C)=O.[H-].[Na+]. The summed E-state index contributed by atoms with van der Waals surface area (Å²) in [5, 5.41) is 0. The van der Waals surface area contributed by atoms with Crippen LogP contribution in [0.3, 0.4) is 0 Å². The van der Waals surface area contributed by atoms with Gasteiger partial charge in [0, 0.05) is 13.3 Å². The van der Waals surface area contributed by atoms with E-state index >= 15 is 0 Å². The zero-order valence-corrected chi connectivity index (χ0v) is 18.5. The van der Waals surface area contributed by atoms with Crippen LogP contribution in [0.1, 0.15) is 118 Å². The average Bonchev–Trinajstić information content (AvgIpc) is 2.50. The molecule has 0 amide bonds. The zero-order chi connectivity index (χ0) is 17.2. The van der Waals surface area contributed by atoms with Gasteiger partial charge >= 0.3 is 41.5 Å². The third-order valence-corrected chi connectivity index (χ3v) is 4.24. The molecule has 0 saturated heterocycles. The summed E-state index contributed by atoms with van der Waals surface area (Å²) >= 11 is 0. The van der Waals surface area contributed by atoms with Crippen LogP contribution < -0.4 is 29.6 Å². The summed E-state index contributed by atoms with van der Waals surface area (Å²) in [7, 11) is 0. The molecule has 4 heteroatoms. The molecular formula is C20H39NaO3. The Bertz CT molecular complexity index is 299. The number of carbonyl (C=O) groups excluding carboxylic acids is 2. The van der Waals surface area contributed by atoms with E-state index < -0.39 is 5.97 Å². The zero-order valence-electron chi connectivity index (χ0n) is 17.5. The summed E-state index contributed by atoms with van der Waals surface area (Å²) in [6.07, 6.45) is 20.0. The molecule has 0 aliphatic carbocycles. The predicted molar refractivity (Wildman–Crippen MR) is 97.4 cm³/mol. The van der Waals surface area contributed by atoms with Gasteiger partial charge in [-0.1, -0.05) is 96.8 Å². The van der Waals surface area contributed by atoms with Crippen molar-refractivity contribution < 1.29 is 45.3 Å². The van der Waals surface area contributed by atoms with Crippen molar-refractivity contribution in [3.8, 4) is 0 Å². The number of carbonyl (C=O) groups is 2. The van der Waals surface area contributed by atoms with Crippen molar-refractivity contribution in [2.75, 3.05) is 0 Å². The van der Waals surface area contributed by atoms with Gasteiger partial charge in [-0.25, -0.2) is 0 Å². The van der Waals surface area contributed by atoms with E-state index in [1.165, 1.54) is 90.4 Å². The van der Waals surface area contributed by atoms with Crippen LogP contribution in [-0.2, 0) is 14.3 Å². The van der Waals surface area contributed by atoms with Crippen LogP contribution in [0, 0.1) is 0 Å². The summed E-state index contributed by atoms with van der Waals surface area (Å²) < 4.78 is 4.49. The fourth-order valence-electron chi connectivity index (χ4n) is 2.85. The summed E-state index contributed by atoms with van der Waals surface area (Å²) in [6.45, 7) is 3.53. The van der Waals surface area contributed by atoms with Gasteiger partial charge in [0.2, 0.25) is 0 Å². The van der Waals surface area contributed by atoms with Crippen molar-refractivity contribution in [3.05, 3.63) is 0 Å². The van der Waals surface area contributed by atoms with Gasteiger partial charge < -0.3 is 6.16 Å². The number of rotatable bonds is 16. The van der Waals surface area contributed by atoms with Gasteiger partial charge in [0.15, 0.2) is 0 Å². The van der Waals surface area contributed by atoms with Gasteiger partial charge in [-0.05, 0) is 6.42 Å². The van der Waals surface area contributed by atoms with E-state index in [1.807, 2.05) is 0 Å². The van der Waals surface area contributed by atoms with Crippen molar-refractivity contribution in [1.82, 2.24) is 0 Å². The first-order chi connectivity index (χ1) is 11.2. The Morgan fingerprint density at radius 2 is 1.00 bits per heavy atom. The number of unbranched alkanes of at least 4 members (excludes halogenated alkanes) is 14. The molecule has 0 saturated carbocycles. The largest absolute Gasteiger partial charge is 1.00 e. The van der Waals surface area contributed by atoms with Crippen LogP contribution in [-0.4, -0.2) is 11.9 Å². The van der Waals surface area contributed by atoms with Gasteiger partial charge in [-0.2, -0.15) is 0 Å². The maximum Gasteiger partial charge on any atom is 1.00 e. The van der Waals surface area contributed by atoms with Crippen LogP contribution in [0.5, 0.6) is 0 Å². The van der Waals surface area contributed by atoms with Gasteiger partial charge in [0.25, 0.3) is 0 Å². The van der Waals surface area contributed by atoms with E-state index in [1.54, 1.807) is 0 Å². The molecule has 0 aromatic carbocycles. The van der Waals surface area contributed by atoms with Gasteiger partial charge in [0.05, 0.1) is 0 Å². The molecule has 0 radical (unpaired) electrons. The molecule has 0 aliphatic heterocycles. The number of esters is 2. The van der Waals surface area contributed by atoms with Crippen LogP contribution in [0.4, 0.5) is 0 Å².